The Morgan fingerprint density at radius 2 is 0.769 bits per heavy atom. The second-order valence-corrected chi connectivity index (χ2v) is 14.5. The van der Waals surface area contributed by atoms with Crippen LogP contribution in [0.3, 0.4) is 0 Å². The van der Waals surface area contributed by atoms with E-state index in [-0.39, 0.29) is 0 Å². The average Bonchev–Trinajstić information content (AvgIpc) is 1.82. The maximum absolute atomic E-state index is 10.3. The number of hydrogen-bond acceptors (Lipinski definition) is 4. The van der Waals surface area contributed by atoms with Gasteiger partial charge in [0.2, 0.25) is 0 Å². The molecule has 13 heavy (non-hydrogen) atoms. The Hall–Kier alpha value is -1.20. The third-order valence-corrected chi connectivity index (χ3v) is 11.3. The van der Waals surface area contributed by atoms with E-state index < -0.39 is 35.3 Å². The van der Waals surface area contributed by atoms with Crippen LogP contribution in [0.15, 0.2) is 0 Å². The van der Waals surface area contributed by atoms with E-state index in [0.717, 1.165) is 0 Å². The van der Waals surface area contributed by atoms with Gasteiger partial charge in [-0.05, 0) is 0 Å². The predicted molar refractivity (Wildman–Crippen MR) is 37.9 cm³/mol. The normalized spacial score (nSPS) is 10.5. The predicted octanol–water partition coefficient (Wildman–Crippen LogP) is 0.474. The maximum atomic E-state index is 10.3. The first-order valence-corrected chi connectivity index (χ1v) is 10.5. The van der Waals surface area contributed by atoms with Crippen molar-refractivity contribution in [3.8, 4) is 0 Å². The molecule has 0 aliphatic rings. The van der Waals surface area contributed by atoms with Crippen molar-refractivity contribution in [2.45, 2.75) is 0 Å². The Balaban J connectivity index is 5.60. The Bertz CT molecular complexity index is 231. The monoisotopic (exact) mass is 388 g/mol. The molecule has 0 spiro atoms. The summed E-state index contributed by atoms with van der Waals surface area (Å²) in [6, 6.07) is 0. The summed E-state index contributed by atoms with van der Waals surface area (Å²) in [7, 11) is 0. The van der Waals surface area contributed by atoms with Crippen molar-refractivity contribution in [1.82, 2.24) is 0 Å². The number of rotatable bonds is 4. The van der Waals surface area contributed by atoms with Gasteiger partial charge in [-0.3, -0.25) is 0 Å². The second kappa shape index (κ2) is 3.68. The van der Waals surface area contributed by atoms with Gasteiger partial charge in [0.25, 0.3) is 0 Å². The third kappa shape index (κ3) is 1.61. The molecule has 0 unspecified atom stereocenters. The van der Waals surface area contributed by atoms with Crippen molar-refractivity contribution in [3.63, 3.8) is 0 Å². The van der Waals surface area contributed by atoms with Crippen molar-refractivity contribution in [2.75, 3.05) is 0 Å². The van der Waals surface area contributed by atoms with E-state index in [1.54, 1.807) is 0 Å². The van der Waals surface area contributed by atoms with Gasteiger partial charge in [-0.1, -0.05) is 0 Å². The van der Waals surface area contributed by atoms with Crippen LogP contribution in [0.2, 0.25) is 0 Å². The van der Waals surface area contributed by atoms with Gasteiger partial charge in [-0.15, -0.1) is 0 Å². The molecule has 0 aliphatic heterocycles. The van der Waals surface area contributed by atoms with E-state index in [4.69, 9.17) is 20.4 Å². The van der Waals surface area contributed by atoms with Crippen LogP contribution in [0.4, 0.5) is 19.2 Å². The SMILES string of the molecule is O=[C](O)[Pb]([C](=O)O)([C](=O)O)[C](=O)O. The zero-order chi connectivity index (χ0) is 10.8. The van der Waals surface area contributed by atoms with Gasteiger partial charge < -0.3 is 0 Å². The molecule has 0 radical (unpaired) electrons. The van der Waals surface area contributed by atoms with E-state index in [9.17, 15) is 19.2 Å². The van der Waals surface area contributed by atoms with Crippen molar-refractivity contribution >= 4 is 35.3 Å². The first kappa shape index (κ1) is 11.8. The fraction of sp³-hybridized carbons (Fsp3) is 0. The molecule has 72 valence electrons. The Morgan fingerprint density at radius 3 is 0.769 bits per heavy atom. The molecule has 0 aromatic carbocycles. The molecule has 0 aromatic heterocycles. The molecule has 0 saturated carbocycles. The minimum absolute atomic E-state index is 2.24. The molecule has 0 bridgehead atoms. The summed E-state index contributed by atoms with van der Waals surface area (Å²) in [6.45, 7) is 0. The summed E-state index contributed by atoms with van der Waals surface area (Å²) in [5.74, 6) is 0. The van der Waals surface area contributed by atoms with Crippen LogP contribution in [0.5, 0.6) is 0 Å². The van der Waals surface area contributed by atoms with Crippen molar-refractivity contribution in [2.24, 2.45) is 0 Å². The summed E-state index contributed by atoms with van der Waals surface area (Å²) in [5.41, 5.74) is 0. The van der Waals surface area contributed by atoms with E-state index in [0.29, 0.717) is 0 Å². The zero-order valence-electron chi connectivity index (χ0n) is 5.92. The fourth-order valence-corrected chi connectivity index (χ4v) is 4.82. The van der Waals surface area contributed by atoms with Gasteiger partial charge in [0.05, 0.1) is 0 Å². The molecule has 0 atom stereocenters. The van der Waals surface area contributed by atoms with E-state index >= 15 is 0 Å². The van der Waals surface area contributed by atoms with Gasteiger partial charge in [0, 0.05) is 0 Å². The van der Waals surface area contributed by atoms with E-state index in [2.05, 4.69) is 0 Å². The molecule has 0 heterocycles. The first-order chi connectivity index (χ1) is 5.77. The van der Waals surface area contributed by atoms with Gasteiger partial charge in [-0.2, -0.15) is 0 Å². The molecule has 0 amide bonds. The molecule has 0 saturated heterocycles. The van der Waals surface area contributed by atoms with Crippen LogP contribution in [-0.4, -0.2) is 55.7 Å². The second-order valence-electron chi connectivity index (χ2n) is 1.97. The molecule has 9 heteroatoms. The quantitative estimate of drug-likeness (QED) is 0.509. The molecule has 4 N–H and O–H groups in total. The molecule has 0 aromatic rings. The van der Waals surface area contributed by atoms with E-state index in [1.807, 2.05) is 0 Å². The standard InChI is InChI=1S/4CHO2.Pb/c4*2-1-3;/h4*(H,2,3);. The summed E-state index contributed by atoms with van der Waals surface area (Å²) < 4.78 is -8.94. The topological polar surface area (TPSA) is 149 Å². The molecule has 8 nitrogen and oxygen atoms in total. The van der Waals surface area contributed by atoms with Gasteiger partial charge in [0.1, 0.15) is 0 Å². The van der Waals surface area contributed by atoms with Gasteiger partial charge in [0.15, 0.2) is 0 Å². The Labute approximate surface area is 75.1 Å². The number of hydrogen-bond donors (Lipinski definition) is 4. The molecule has 0 rings (SSSR count). The summed E-state index contributed by atoms with van der Waals surface area (Å²) in [5, 5.41) is 33.2. The number of carboxylic acid groups (broad SMARTS) is 4. The average molecular weight is 387 g/mol. The van der Waals surface area contributed by atoms with Crippen LogP contribution >= 0.6 is 0 Å². The zero-order valence-corrected chi connectivity index (χ0v) is 9.81. The van der Waals surface area contributed by atoms with Crippen LogP contribution < -0.4 is 0 Å². The molecule has 0 fully saturated rings. The van der Waals surface area contributed by atoms with Crippen LogP contribution in [-0.2, 0) is 0 Å². The molecule has 0 aliphatic carbocycles. The van der Waals surface area contributed by atoms with Crippen molar-refractivity contribution in [1.29, 1.82) is 0 Å². The van der Waals surface area contributed by atoms with Crippen molar-refractivity contribution < 1.29 is 39.6 Å². The third-order valence-electron chi connectivity index (χ3n) is 1.28. The summed E-state index contributed by atoms with van der Waals surface area (Å²) >= 11 is -6.40. The summed E-state index contributed by atoms with van der Waals surface area (Å²) in [4.78, 5) is 41.2. The Kier molecular flexibility index (Phi) is 3.34. The van der Waals surface area contributed by atoms with E-state index in [1.165, 1.54) is 0 Å². The van der Waals surface area contributed by atoms with Crippen LogP contribution in [0.25, 0.3) is 0 Å². The van der Waals surface area contributed by atoms with Gasteiger partial charge >= 0.3 is 74.9 Å². The van der Waals surface area contributed by atoms with Crippen LogP contribution in [0.1, 0.15) is 0 Å². The molecular formula is C4H4O8Pb. The first-order valence-electron chi connectivity index (χ1n) is 2.71. The van der Waals surface area contributed by atoms with Crippen LogP contribution in [0, 0.1) is 0 Å². The fourth-order valence-electron chi connectivity index (χ4n) is 0.549. The minimum atomic E-state index is -6.40. The molecular weight excluding hydrogens is 383 g/mol. The Morgan fingerprint density at radius 1 is 0.615 bits per heavy atom. The summed E-state index contributed by atoms with van der Waals surface area (Å²) in [6.07, 6.45) is 0. The number of carbonyl (C=O) groups is 4. The van der Waals surface area contributed by atoms with Crippen molar-refractivity contribution in [3.05, 3.63) is 0 Å². The van der Waals surface area contributed by atoms with Gasteiger partial charge in [-0.25, -0.2) is 0 Å².